The Morgan fingerprint density at radius 2 is 1.31 bits per heavy atom. The van der Waals surface area contributed by atoms with E-state index in [1.54, 1.807) is 18.2 Å². The number of rotatable bonds is 4. The normalized spacial score (nSPS) is 10.6. The minimum absolute atomic E-state index is 0. The zero-order valence-electron chi connectivity index (χ0n) is 16.7. The fourth-order valence-electron chi connectivity index (χ4n) is 3.49. The van der Waals surface area contributed by atoms with Crippen molar-refractivity contribution in [2.75, 3.05) is 0 Å². The fourth-order valence-corrected chi connectivity index (χ4v) is 3.49. The zero-order valence-corrected chi connectivity index (χ0v) is 19.1. The molecule has 0 saturated heterocycles. The van der Waals surface area contributed by atoms with E-state index in [2.05, 4.69) is 16.3 Å². The van der Waals surface area contributed by atoms with Crippen LogP contribution >= 0.6 is 0 Å². The molecule has 0 amide bonds. The minimum Gasteiger partial charge on any atom is -0.316 e. The van der Waals surface area contributed by atoms with Crippen LogP contribution in [0.5, 0.6) is 0 Å². The number of halogens is 2. The second-order valence-corrected chi connectivity index (χ2v) is 7.03. The molecule has 32 heavy (non-hydrogen) atoms. The van der Waals surface area contributed by atoms with E-state index in [0.29, 0.717) is 22.8 Å². The molecule has 0 spiro atoms. The van der Waals surface area contributed by atoms with Gasteiger partial charge in [0.25, 0.3) is 0 Å². The second kappa shape index (κ2) is 9.35. The summed E-state index contributed by atoms with van der Waals surface area (Å²) in [6.45, 7) is 0. The van der Waals surface area contributed by atoms with Crippen LogP contribution in [0.1, 0.15) is 0 Å². The summed E-state index contributed by atoms with van der Waals surface area (Å²) in [4.78, 5) is 0. The van der Waals surface area contributed by atoms with E-state index in [1.165, 1.54) is 24.3 Å². The summed E-state index contributed by atoms with van der Waals surface area (Å²) in [6.07, 6.45) is 0. The van der Waals surface area contributed by atoms with Crippen molar-refractivity contribution in [3.8, 4) is 39.6 Å². The Bertz CT molecular complexity index is 1270. The Kier molecular flexibility index (Phi) is 6.35. The third-order valence-corrected chi connectivity index (χ3v) is 4.99. The van der Waals surface area contributed by atoms with Crippen LogP contribution in [0.15, 0.2) is 97.1 Å². The maximum atomic E-state index is 13.5. The molecule has 6 heteroatoms. The Hall–Kier alpha value is -3.47. The van der Waals surface area contributed by atoms with Gasteiger partial charge in [-0.05, 0) is 47.5 Å². The number of hydrogen-bond acceptors (Lipinski definition) is 2. The van der Waals surface area contributed by atoms with Crippen molar-refractivity contribution in [2.45, 2.75) is 0 Å². The first kappa shape index (κ1) is 21.7. The van der Waals surface area contributed by atoms with E-state index < -0.39 is 0 Å². The first-order valence-electron chi connectivity index (χ1n) is 9.74. The van der Waals surface area contributed by atoms with Gasteiger partial charge in [-0.25, -0.2) is 4.39 Å². The van der Waals surface area contributed by atoms with Crippen molar-refractivity contribution >= 4 is 0 Å². The predicted octanol–water partition coefficient (Wildman–Crippen LogP) is 6.34. The molecule has 0 unspecified atom stereocenters. The van der Waals surface area contributed by atoms with Crippen LogP contribution < -0.4 is 0 Å². The molecule has 0 fully saturated rings. The summed E-state index contributed by atoms with van der Waals surface area (Å²) in [5.41, 5.74) is 4.26. The predicted molar refractivity (Wildman–Crippen MR) is 116 cm³/mol. The van der Waals surface area contributed by atoms with E-state index in [-0.39, 0.29) is 31.7 Å². The third kappa shape index (κ3) is 4.28. The number of benzene rings is 4. The topological polar surface area (TPSA) is 30.7 Å². The van der Waals surface area contributed by atoms with Crippen LogP contribution in [-0.2, 0) is 20.1 Å². The van der Waals surface area contributed by atoms with Crippen molar-refractivity contribution < 1.29 is 28.9 Å². The first-order chi connectivity index (χ1) is 15.2. The van der Waals surface area contributed by atoms with E-state index in [0.717, 1.165) is 16.8 Å². The van der Waals surface area contributed by atoms with Crippen LogP contribution in [0.3, 0.4) is 0 Å². The summed E-state index contributed by atoms with van der Waals surface area (Å²) in [5.74, 6) is 0.370. The molecule has 1 heterocycles. The monoisotopic (exact) mass is 601 g/mol. The van der Waals surface area contributed by atoms with E-state index >= 15 is 0 Å². The maximum absolute atomic E-state index is 13.5. The Morgan fingerprint density at radius 1 is 0.625 bits per heavy atom. The van der Waals surface area contributed by atoms with Crippen molar-refractivity contribution in [1.29, 1.82) is 0 Å². The molecule has 1 radical (unpaired) electrons. The summed E-state index contributed by atoms with van der Waals surface area (Å²) in [5, 5.41) is 8.73. The number of aromatic nitrogens is 3. The molecule has 0 atom stereocenters. The zero-order chi connectivity index (χ0) is 21.2. The van der Waals surface area contributed by atoms with Gasteiger partial charge in [0, 0.05) is 37.2 Å². The molecular formula is C26H16F2IrN3-. The van der Waals surface area contributed by atoms with Crippen molar-refractivity contribution in [1.82, 2.24) is 14.8 Å². The Labute approximate surface area is 197 Å². The van der Waals surface area contributed by atoms with E-state index in [1.807, 2.05) is 59.2 Å². The SMILES string of the molecule is Fc1c[c-]c(-c2nnc(-c3ccc(F)cc3)n2-c2cccc(-c3ccccc3)c2)cc1.[Ir]. The first-order valence-corrected chi connectivity index (χ1v) is 9.74. The van der Waals surface area contributed by atoms with Crippen LogP contribution in [-0.4, -0.2) is 14.8 Å². The second-order valence-electron chi connectivity index (χ2n) is 7.03. The average molecular weight is 601 g/mol. The molecule has 0 bridgehead atoms. The largest absolute Gasteiger partial charge is 0.316 e. The molecule has 3 nitrogen and oxygen atoms in total. The van der Waals surface area contributed by atoms with Gasteiger partial charge in [0.15, 0.2) is 5.82 Å². The van der Waals surface area contributed by atoms with E-state index in [9.17, 15) is 8.78 Å². The molecule has 0 aliphatic carbocycles. The molecule has 0 aliphatic rings. The van der Waals surface area contributed by atoms with Gasteiger partial charge < -0.3 is 4.57 Å². The van der Waals surface area contributed by atoms with Gasteiger partial charge in [-0.15, -0.1) is 34.9 Å². The summed E-state index contributed by atoms with van der Waals surface area (Å²) in [6, 6.07) is 31.3. The maximum Gasteiger partial charge on any atom is 0.159 e. The van der Waals surface area contributed by atoms with Crippen molar-refractivity contribution in [2.24, 2.45) is 0 Å². The van der Waals surface area contributed by atoms with Crippen molar-refractivity contribution in [3.63, 3.8) is 0 Å². The smallest absolute Gasteiger partial charge is 0.159 e. The molecule has 0 aliphatic heterocycles. The molecule has 5 rings (SSSR count). The van der Waals surface area contributed by atoms with Gasteiger partial charge in [0.05, 0.1) is 5.82 Å². The molecule has 159 valence electrons. The van der Waals surface area contributed by atoms with Gasteiger partial charge in [0.1, 0.15) is 5.82 Å². The molecule has 4 aromatic carbocycles. The van der Waals surface area contributed by atoms with Gasteiger partial charge in [-0.2, -0.15) is 5.10 Å². The number of hydrogen-bond donors (Lipinski definition) is 0. The van der Waals surface area contributed by atoms with Gasteiger partial charge in [-0.1, -0.05) is 42.5 Å². The van der Waals surface area contributed by atoms with Gasteiger partial charge in [0.2, 0.25) is 0 Å². The van der Waals surface area contributed by atoms with Crippen LogP contribution in [0.25, 0.3) is 39.6 Å². The molecule has 1 aromatic heterocycles. The molecule has 0 saturated carbocycles. The van der Waals surface area contributed by atoms with Crippen LogP contribution in [0, 0.1) is 17.7 Å². The standard InChI is InChI=1S/C26H16F2N3.Ir/c27-22-13-9-19(10-14-22)25-29-30-26(20-11-15-23(28)16-12-20)31(25)24-8-4-7-21(17-24)18-5-2-1-3-6-18;/h1-11,13-17H;/q-1;. The fraction of sp³-hybridized carbons (Fsp3) is 0. The molecule has 0 N–H and O–H groups in total. The van der Waals surface area contributed by atoms with Gasteiger partial charge in [-0.3, -0.25) is 4.39 Å². The van der Waals surface area contributed by atoms with Crippen molar-refractivity contribution in [3.05, 3.63) is 115 Å². The van der Waals surface area contributed by atoms with Gasteiger partial charge >= 0.3 is 0 Å². The Morgan fingerprint density at radius 3 is 2.03 bits per heavy atom. The number of nitrogens with zero attached hydrogens (tertiary/aromatic N) is 3. The van der Waals surface area contributed by atoms with Crippen LogP contribution in [0.4, 0.5) is 8.78 Å². The average Bonchev–Trinajstić information content (AvgIpc) is 3.26. The molecular weight excluding hydrogens is 585 g/mol. The Balaban J connectivity index is 0.00000245. The quantitative estimate of drug-likeness (QED) is 0.226. The molecule has 5 aromatic rings. The third-order valence-electron chi connectivity index (χ3n) is 4.99. The summed E-state index contributed by atoms with van der Waals surface area (Å²) >= 11 is 0. The van der Waals surface area contributed by atoms with E-state index in [4.69, 9.17) is 0 Å². The minimum atomic E-state index is -0.375. The van der Waals surface area contributed by atoms with Crippen LogP contribution in [0.2, 0.25) is 0 Å². The summed E-state index contributed by atoms with van der Waals surface area (Å²) < 4.78 is 28.8. The summed E-state index contributed by atoms with van der Waals surface area (Å²) in [7, 11) is 0.